The van der Waals surface area contributed by atoms with Crippen LogP contribution >= 0.6 is 23.2 Å². The highest BCUT2D eigenvalue weighted by molar-refractivity contribution is 7.84. The normalized spacial score (nSPS) is 17.2. The predicted octanol–water partition coefficient (Wildman–Crippen LogP) is 3.81. The molecule has 10 heteroatoms. The number of carbonyl (C=O) groups excluding carboxylic acids is 1. The van der Waals surface area contributed by atoms with Crippen LogP contribution in [0.15, 0.2) is 35.3 Å². The van der Waals surface area contributed by atoms with Crippen LogP contribution in [0.1, 0.15) is 54.9 Å². The first-order chi connectivity index (χ1) is 15.0. The van der Waals surface area contributed by atoms with E-state index in [0.29, 0.717) is 48.5 Å². The monoisotopic (exact) mass is 499 g/mol. The Hall–Kier alpha value is -1.87. The number of phenols is 1. The number of hydrogen-bond acceptors (Lipinski definition) is 4. The Labute approximate surface area is 199 Å². The average Bonchev–Trinajstić information content (AvgIpc) is 2.75. The molecule has 1 aliphatic rings. The smallest absolute Gasteiger partial charge is 0.255 e. The number of likely N-dealkylation sites (tertiary alicyclic amines) is 1. The summed E-state index contributed by atoms with van der Waals surface area (Å²) in [5.74, 6) is -0.162. The van der Waals surface area contributed by atoms with E-state index in [0.717, 1.165) is 0 Å². The molecule has 1 unspecified atom stereocenters. The largest absolute Gasteiger partial charge is 0.508 e. The maximum Gasteiger partial charge on any atom is 0.255 e. The summed E-state index contributed by atoms with van der Waals surface area (Å²) in [7, 11) is -1.57. The van der Waals surface area contributed by atoms with E-state index in [1.165, 1.54) is 24.4 Å². The number of benzene rings is 1. The molecule has 2 atom stereocenters. The van der Waals surface area contributed by atoms with E-state index in [-0.39, 0.29) is 34.1 Å². The standard InChI is InChI=1S/C22H27Cl2N3O4S/c1-22(2,32(25)31)11-16(15-9-17(23)18(24)10-19(15)28)13-5-7-27(8-6-13)21(30)14-3-4-20(29)26-12-14/h3-4,9-10,12-13,16,28H,5-8,11,25H2,1-2H3,(H,26,29)/t16-,32?/m1/s1. The highest BCUT2D eigenvalue weighted by atomic mass is 35.5. The van der Waals surface area contributed by atoms with Crippen molar-refractivity contribution < 1.29 is 14.1 Å². The molecule has 1 fully saturated rings. The van der Waals surface area contributed by atoms with Crippen molar-refractivity contribution in [1.29, 1.82) is 0 Å². The molecule has 7 nitrogen and oxygen atoms in total. The van der Waals surface area contributed by atoms with Gasteiger partial charge in [0.05, 0.1) is 31.3 Å². The highest BCUT2D eigenvalue weighted by Gasteiger charge is 2.37. The molecule has 174 valence electrons. The minimum absolute atomic E-state index is 0.0368. The summed E-state index contributed by atoms with van der Waals surface area (Å²) in [5.41, 5.74) is 0.814. The lowest BCUT2D eigenvalue weighted by Crippen LogP contribution is -2.41. The van der Waals surface area contributed by atoms with Gasteiger partial charge in [-0.3, -0.25) is 14.7 Å². The molecule has 0 saturated carbocycles. The number of pyridine rings is 1. The summed E-state index contributed by atoms with van der Waals surface area (Å²) in [6.45, 7) is 4.71. The molecule has 32 heavy (non-hydrogen) atoms. The van der Waals surface area contributed by atoms with Gasteiger partial charge in [-0.1, -0.05) is 23.2 Å². The molecular formula is C22H27Cl2N3O4S. The van der Waals surface area contributed by atoms with Crippen LogP contribution in [0, 0.1) is 5.92 Å². The molecule has 0 bridgehead atoms. The van der Waals surface area contributed by atoms with Gasteiger partial charge in [0, 0.05) is 31.4 Å². The zero-order chi connectivity index (χ0) is 23.6. The number of phenolic OH excluding ortho intramolecular Hbond substituents is 1. The summed E-state index contributed by atoms with van der Waals surface area (Å²) in [5, 5.41) is 17.0. The number of halogens is 2. The van der Waals surface area contributed by atoms with Crippen molar-refractivity contribution in [3.63, 3.8) is 0 Å². The predicted molar refractivity (Wildman–Crippen MR) is 128 cm³/mol. The lowest BCUT2D eigenvalue weighted by atomic mass is 9.75. The third kappa shape index (κ3) is 5.54. The fourth-order valence-electron chi connectivity index (χ4n) is 4.22. The number of aromatic hydroxyl groups is 1. The second kappa shape index (κ2) is 9.95. The van der Waals surface area contributed by atoms with Gasteiger partial charge in [-0.2, -0.15) is 0 Å². The zero-order valence-electron chi connectivity index (χ0n) is 17.9. The number of nitrogens with zero attached hydrogens (tertiary/aromatic N) is 1. The minimum Gasteiger partial charge on any atom is -0.508 e. The summed E-state index contributed by atoms with van der Waals surface area (Å²) < 4.78 is 11.5. The van der Waals surface area contributed by atoms with Gasteiger partial charge in [0.15, 0.2) is 0 Å². The lowest BCUT2D eigenvalue weighted by molar-refractivity contribution is 0.0672. The number of aromatic amines is 1. The number of piperidine rings is 1. The third-order valence-corrected chi connectivity index (χ3v) is 8.13. The van der Waals surface area contributed by atoms with Gasteiger partial charge in [-0.05, 0) is 62.6 Å². The number of carbonyl (C=O) groups is 1. The number of nitrogens with two attached hydrogens (primary N) is 1. The second-order valence-corrected chi connectivity index (χ2v) is 11.3. The number of rotatable bonds is 6. The molecule has 1 aromatic heterocycles. The van der Waals surface area contributed by atoms with Crippen LogP contribution in [0.2, 0.25) is 10.0 Å². The molecule has 1 saturated heterocycles. The highest BCUT2D eigenvalue weighted by Crippen LogP contribution is 2.44. The molecule has 3 rings (SSSR count). The maximum absolute atomic E-state index is 12.8. The van der Waals surface area contributed by atoms with Crippen molar-refractivity contribution >= 4 is 40.1 Å². The van der Waals surface area contributed by atoms with Crippen LogP contribution in [-0.2, 0) is 11.0 Å². The van der Waals surface area contributed by atoms with Crippen LogP contribution in [0.5, 0.6) is 5.75 Å². The van der Waals surface area contributed by atoms with Crippen LogP contribution < -0.4 is 10.7 Å². The van der Waals surface area contributed by atoms with Crippen molar-refractivity contribution in [3.8, 4) is 5.75 Å². The first-order valence-corrected chi connectivity index (χ1v) is 12.3. The second-order valence-electron chi connectivity index (χ2n) is 8.76. The molecule has 1 aliphatic heterocycles. The molecule has 4 N–H and O–H groups in total. The first-order valence-electron chi connectivity index (χ1n) is 10.3. The zero-order valence-corrected chi connectivity index (χ0v) is 20.3. The average molecular weight is 500 g/mol. The van der Waals surface area contributed by atoms with Gasteiger partial charge in [0.2, 0.25) is 5.56 Å². The topological polar surface area (TPSA) is 116 Å². The van der Waals surface area contributed by atoms with Gasteiger partial charge in [0.1, 0.15) is 5.75 Å². The van der Waals surface area contributed by atoms with E-state index >= 15 is 0 Å². The van der Waals surface area contributed by atoms with E-state index in [4.69, 9.17) is 28.3 Å². The Balaban J connectivity index is 1.83. The van der Waals surface area contributed by atoms with Gasteiger partial charge >= 0.3 is 0 Å². The van der Waals surface area contributed by atoms with Gasteiger partial charge in [-0.25, -0.2) is 4.21 Å². The molecule has 2 aromatic rings. The van der Waals surface area contributed by atoms with E-state index in [9.17, 15) is 18.9 Å². The van der Waals surface area contributed by atoms with Crippen molar-refractivity contribution in [1.82, 2.24) is 9.88 Å². The van der Waals surface area contributed by atoms with E-state index < -0.39 is 15.7 Å². The fraction of sp³-hybridized carbons (Fsp3) is 0.455. The van der Waals surface area contributed by atoms with E-state index in [1.54, 1.807) is 11.0 Å². The maximum atomic E-state index is 12.8. The molecule has 1 aromatic carbocycles. The Bertz CT molecular complexity index is 1060. The summed E-state index contributed by atoms with van der Waals surface area (Å²) >= 11 is 12.3. The SMILES string of the molecule is CC(C)(C[C@@H](c1cc(Cl)c(Cl)cc1O)C1CCN(C(=O)c2ccc(=O)[nH]c2)CC1)S(N)=O. The van der Waals surface area contributed by atoms with Gasteiger partial charge < -0.3 is 15.0 Å². The Morgan fingerprint density at radius 3 is 2.47 bits per heavy atom. The number of H-pyrrole nitrogens is 1. The van der Waals surface area contributed by atoms with Gasteiger partial charge in [0.25, 0.3) is 5.91 Å². The molecule has 1 amide bonds. The fourth-order valence-corrected chi connectivity index (χ4v) is 4.90. The van der Waals surface area contributed by atoms with Crippen LogP contribution in [0.25, 0.3) is 0 Å². The van der Waals surface area contributed by atoms with Gasteiger partial charge in [-0.15, -0.1) is 0 Å². The van der Waals surface area contributed by atoms with Crippen molar-refractivity contribution in [3.05, 3.63) is 62.0 Å². The molecular weight excluding hydrogens is 473 g/mol. The quantitative estimate of drug-likeness (QED) is 0.559. The Kier molecular flexibility index (Phi) is 7.70. The molecule has 2 heterocycles. The Morgan fingerprint density at radius 2 is 1.91 bits per heavy atom. The summed E-state index contributed by atoms with van der Waals surface area (Å²) in [6, 6.07) is 5.94. The summed E-state index contributed by atoms with van der Waals surface area (Å²) in [4.78, 5) is 28.3. The molecule has 0 radical (unpaired) electrons. The molecule has 0 aliphatic carbocycles. The molecule has 0 spiro atoms. The first kappa shape index (κ1) is 24.8. The van der Waals surface area contributed by atoms with E-state index in [2.05, 4.69) is 4.98 Å². The summed E-state index contributed by atoms with van der Waals surface area (Å²) in [6.07, 6.45) is 3.27. The third-order valence-electron chi connectivity index (χ3n) is 6.15. The van der Waals surface area contributed by atoms with Crippen molar-refractivity contribution in [2.45, 2.75) is 43.8 Å². The van der Waals surface area contributed by atoms with Crippen molar-refractivity contribution in [2.75, 3.05) is 13.1 Å². The van der Waals surface area contributed by atoms with Crippen LogP contribution in [0.4, 0.5) is 0 Å². The Morgan fingerprint density at radius 1 is 1.28 bits per heavy atom. The number of aromatic nitrogens is 1. The van der Waals surface area contributed by atoms with Crippen LogP contribution in [-0.4, -0.2) is 42.9 Å². The number of hydrogen-bond donors (Lipinski definition) is 3. The van der Waals surface area contributed by atoms with E-state index in [1.807, 2.05) is 13.8 Å². The van der Waals surface area contributed by atoms with Crippen molar-refractivity contribution in [2.24, 2.45) is 11.1 Å². The van der Waals surface area contributed by atoms with Crippen LogP contribution in [0.3, 0.4) is 0 Å². The minimum atomic E-state index is -1.57. The number of amides is 1. The number of nitrogens with one attached hydrogen (secondary N) is 1. The lowest BCUT2D eigenvalue weighted by Gasteiger charge is -2.39.